The molecule has 0 aromatic heterocycles. The van der Waals surface area contributed by atoms with Gasteiger partial charge in [0, 0.05) is 25.7 Å². The van der Waals surface area contributed by atoms with E-state index in [4.69, 9.17) is 16.2 Å². The Bertz CT molecular complexity index is 1270. The molecule has 0 spiro atoms. The molecule has 9 nitrogen and oxygen atoms in total. The number of hydrogen-bond acceptors (Lipinski definition) is 5. The molecule has 0 aliphatic carbocycles. The molecule has 2 heterocycles. The van der Waals surface area contributed by atoms with Crippen LogP contribution < -0.4 is 26.4 Å². The van der Waals surface area contributed by atoms with Gasteiger partial charge in [0.05, 0.1) is 11.7 Å². The summed E-state index contributed by atoms with van der Waals surface area (Å²) in [6.07, 6.45) is 5.88. The lowest BCUT2D eigenvalue weighted by Gasteiger charge is -2.27. The number of unbranched alkanes of at least 4 members (excludes halogenated alkanes) is 2. The number of carbonyl (C=O) groups excluding carboxylic acids is 4. The van der Waals surface area contributed by atoms with E-state index in [1.54, 1.807) is 17.0 Å². The van der Waals surface area contributed by atoms with Gasteiger partial charge in [0.25, 0.3) is 0 Å². The highest BCUT2D eigenvalue weighted by Crippen LogP contribution is 2.39. The molecule has 4 rings (SSSR count). The molecule has 4 amide bonds. The predicted molar refractivity (Wildman–Crippen MR) is 148 cm³/mol. The number of nitrogens with zero attached hydrogens (tertiary/aromatic N) is 1. The SMILES string of the molecule is NC(=O)CCCCCc1ccc(F)c(OC[C@H](CCC(N)=O)NC(=O)[C@@H]2Cc3cccc4c3N2C(=O)CCC4)c1. The quantitative estimate of drug-likeness (QED) is 0.309. The molecule has 0 saturated carbocycles. The summed E-state index contributed by atoms with van der Waals surface area (Å²) in [5, 5.41) is 2.93. The molecule has 2 aliphatic heterocycles. The normalized spacial score (nSPS) is 16.7. The largest absolute Gasteiger partial charge is 0.488 e. The second kappa shape index (κ2) is 13.4. The van der Waals surface area contributed by atoms with Gasteiger partial charge in [0.2, 0.25) is 23.6 Å². The molecular formula is C30H37FN4O5. The number of aryl methyl sites for hydroxylation is 2. The molecule has 10 heteroatoms. The minimum atomic E-state index is -0.701. The first-order valence-electron chi connectivity index (χ1n) is 13.9. The van der Waals surface area contributed by atoms with Gasteiger partial charge in [-0.3, -0.25) is 24.1 Å². The predicted octanol–water partition coefficient (Wildman–Crippen LogP) is 2.84. The van der Waals surface area contributed by atoms with Crippen molar-refractivity contribution in [1.29, 1.82) is 0 Å². The number of hydrogen-bond donors (Lipinski definition) is 3. The smallest absolute Gasteiger partial charge is 0.243 e. The summed E-state index contributed by atoms with van der Waals surface area (Å²) in [5.41, 5.74) is 14.3. The summed E-state index contributed by atoms with van der Waals surface area (Å²) >= 11 is 0. The molecule has 2 atom stereocenters. The maximum Gasteiger partial charge on any atom is 0.243 e. The van der Waals surface area contributed by atoms with Crippen LogP contribution in [-0.4, -0.2) is 42.3 Å². The topological polar surface area (TPSA) is 145 Å². The van der Waals surface area contributed by atoms with Gasteiger partial charge in [-0.05, 0) is 67.3 Å². The average Bonchev–Trinajstić information content (AvgIpc) is 3.23. The Balaban J connectivity index is 1.41. The van der Waals surface area contributed by atoms with Crippen LogP contribution in [0.15, 0.2) is 36.4 Å². The van der Waals surface area contributed by atoms with Crippen LogP contribution in [0.5, 0.6) is 5.75 Å². The van der Waals surface area contributed by atoms with Crippen molar-refractivity contribution in [3.8, 4) is 5.75 Å². The third kappa shape index (κ3) is 7.37. The Labute approximate surface area is 233 Å². The number of carbonyl (C=O) groups is 4. The Morgan fingerprint density at radius 3 is 2.58 bits per heavy atom. The monoisotopic (exact) mass is 552 g/mol. The van der Waals surface area contributed by atoms with E-state index >= 15 is 0 Å². The van der Waals surface area contributed by atoms with E-state index in [-0.39, 0.29) is 42.9 Å². The molecule has 5 N–H and O–H groups in total. The molecule has 0 fully saturated rings. The molecule has 40 heavy (non-hydrogen) atoms. The third-order valence-electron chi connectivity index (χ3n) is 7.49. The van der Waals surface area contributed by atoms with Crippen LogP contribution in [0.25, 0.3) is 0 Å². The molecule has 0 saturated heterocycles. The number of primary amides is 2. The molecule has 0 radical (unpaired) electrons. The number of nitrogens with two attached hydrogens (primary N) is 2. The zero-order valence-electron chi connectivity index (χ0n) is 22.6. The summed E-state index contributed by atoms with van der Waals surface area (Å²) < 4.78 is 20.4. The molecule has 2 aromatic rings. The van der Waals surface area contributed by atoms with Crippen molar-refractivity contribution in [2.45, 2.75) is 82.7 Å². The minimum absolute atomic E-state index is 0.0137. The second-order valence-corrected chi connectivity index (χ2v) is 10.6. The van der Waals surface area contributed by atoms with Crippen LogP contribution in [0.4, 0.5) is 10.1 Å². The highest BCUT2D eigenvalue weighted by molar-refractivity contribution is 6.04. The lowest BCUT2D eigenvalue weighted by molar-refractivity contribution is -0.127. The van der Waals surface area contributed by atoms with Crippen molar-refractivity contribution in [1.82, 2.24) is 5.32 Å². The second-order valence-electron chi connectivity index (χ2n) is 10.6. The van der Waals surface area contributed by atoms with E-state index in [0.717, 1.165) is 48.1 Å². The molecule has 214 valence electrons. The summed E-state index contributed by atoms with van der Waals surface area (Å²) in [6, 6.07) is 9.22. The first kappa shape index (κ1) is 29.0. The zero-order chi connectivity index (χ0) is 28.6. The molecule has 0 bridgehead atoms. The number of para-hydroxylation sites is 1. The van der Waals surface area contributed by atoms with E-state index in [9.17, 15) is 23.6 Å². The van der Waals surface area contributed by atoms with Crippen molar-refractivity contribution < 1.29 is 28.3 Å². The summed E-state index contributed by atoms with van der Waals surface area (Å²) in [6.45, 7) is -0.0725. The molecule has 0 unspecified atom stereocenters. The Morgan fingerprint density at radius 1 is 1.02 bits per heavy atom. The van der Waals surface area contributed by atoms with Gasteiger partial charge in [-0.15, -0.1) is 0 Å². The van der Waals surface area contributed by atoms with Gasteiger partial charge in [-0.25, -0.2) is 4.39 Å². The first-order chi connectivity index (χ1) is 19.2. The van der Waals surface area contributed by atoms with Gasteiger partial charge < -0.3 is 21.5 Å². The van der Waals surface area contributed by atoms with Gasteiger partial charge in [0.15, 0.2) is 11.6 Å². The fourth-order valence-electron chi connectivity index (χ4n) is 5.46. The maximum absolute atomic E-state index is 14.6. The average molecular weight is 553 g/mol. The van der Waals surface area contributed by atoms with Crippen LogP contribution in [0.3, 0.4) is 0 Å². The van der Waals surface area contributed by atoms with Crippen molar-refractivity contribution in [2.24, 2.45) is 11.5 Å². The van der Waals surface area contributed by atoms with Crippen LogP contribution in [0, 0.1) is 5.82 Å². The van der Waals surface area contributed by atoms with Gasteiger partial charge in [-0.1, -0.05) is 30.7 Å². The molecule has 2 aliphatic rings. The van der Waals surface area contributed by atoms with Crippen LogP contribution >= 0.6 is 0 Å². The number of rotatable bonds is 14. The third-order valence-corrected chi connectivity index (χ3v) is 7.49. The van der Waals surface area contributed by atoms with E-state index in [1.807, 2.05) is 18.2 Å². The van der Waals surface area contributed by atoms with E-state index in [0.29, 0.717) is 32.1 Å². The van der Waals surface area contributed by atoms with E-state index in [1.165, 1.54) is 6.07 Å². The van der Waals surface area contributed by atoms with Crippen LogP contribution in [-0.2, 0) is 38.4 Å². The molecule has 2 aromatic carbocycles. The number of nitrogens with one attached hydrogen (secondary N) is 1. The fourth-order valence-corrected chi connectivity index (χ4v) is 5.46. The van der Waals surface area contributed by atoms with Crippen LogP contribution in [0.2, 0.25) is 0 Å². The van der Waals surface area contributed by atoms with Crippen molar-refractivity contribution in [3.63, 3.8) is 0 Å². The number of benzene rings is 2. The highest BCUT2D eigenvalue weighted by atomic mass is 19.1. The first-order valence-corrected chi connectivity index (χ1v) is 13.9. The van der Waals surface area contributed by atoms with Gasteiger partial charge in [-0.2, -0.15) is 0 Å². The Kier molecular flexibility index (Phi) is 9.74. The Morgan fingerprint density at radius 2 is 1.80 bits per heavy atom. The van der Waals surface area contributed by atoms with E-state index in [2.05, 4.69) is 5.32 Å². The number of anilines is 1. The van der Waals surface area contributed by atoms with Crippen LogP contribution in [0.1, 0.15) is 68.1 Å². The number of halogens is 1. The highest BCUT2D eigenvalue weighted by Gasteiger charge is 2.41. The summed E-state index contributed by atoms with van der Waals surface area (Å²) in [5.74, 6) is -1.76. The summed E-state index contributed by atoms with van der Waals surface area (Å²) in [4.78, 5) is 50.5. The molecular weight excluding hydrogens is 515 g/mol. The maximum atomic E-state index is 14.6. The fraction of sp³-hybridized carbons (Fsp3) is 0.467. The van der Waals surface area contributed by atoms with Gasteiger partial charge >= 0.3 is 0 Å². The van der Waals surface area contributed by atoms with Crippen molar-refractivity contribution in [3.05, 3.63) is 58.9 Å². The number of amides is 4. The van der Waals surface area contributed by atoms with Crippen molar-refractivity contribution >= 4 is 29.3 Å². The minimum Gasteiger partial charge on any atom is -0.488 e. The van der Waals surface area contributed by atoms with E-state index < -0.39 is 23.8 Å². The summed E-state index contributed by atoms with van der Waals surface area (Å²) in [7, 11) is 0. The van der Waals surface area contributed by atoms with Gasteiger partial charge in [0.1, 0.15) is 12.6 Å². The number of ether oxygens (including phenoxy) is 1. The Hall–Kier alpha value is -3.95. The standard InChI is InChI=1S/C30H37FN4O5/c31-23-14-12-19(6-2-1-3-10-26(32)36)16-25(23)40-18-22(13-15-27(33)37)34-30(39)24-17-21-9-4-7-20-8-5-11-28(38)35(24)29(20)21/h4,7,9,12,14,16,22,24H,1-3,5-6,8,10-11,13,15,17-18H2,(H2,32,36)(H2,33,37)(H,34,39)/t22-,24-/m0/s1. The van der Waals surface area contributed by atoms with Crippen molar-refractivity contribution in [2.75, 3.05) is 11.5 Å². The lowest BCUT2D eigenvalue weighted by Crippen LogP contribution is -2.51. The lowest BCUT2D eigenvalue weighted by atomic mass is 10.0. The zero-order valence-corrected chi connectivity index (χ0v) is 22.6.